The van der Waals surface area contributed by atoms with Gasteiger partial charge in [-0.25, -0.2) is 9.97 Å². The van der Waals surface area contributed by atoms with Crippen LogP contribution in [-0.4, -0.2) is 21.4 Å². The molecular formula is C8H12N4O. The van der Waals surface area contributed by atoms with Crippen molar-refractivity contribution in [3.8, 4) is 0 Å². The number of rotatable bonds is 3. The van der Waals surface area contributed by atoms with Crippen LogP contribution in [0.3, 0.4) is 0 Å². The first kappa shape index (κ1) is 9.44. The molecule has 13 heavy (non-hydrogen) atoms. The van der Waals surface area contributed by atoms with Crippen LogP contribution in [0.4, 0.5) is 5.95 Å². The number of carbonyl (C=O) groups is 1. The summed E-state index contributed by atoms with van der Waals surface area (Å²) in [4.78, 5) is 18.8. The number of hydrogen-bond acceptors (Lipinski definition) is 4. The fraction of sp³-hybridized carbons (Fsp3) is 0.375. The highest BCUT2D eigenvalue weighted by Crippen LogP contribution is 2.08. The number of nitrogens with two attached hydrogens (primary N) is 1. The SMILES string of the molecule is CC(C)(Nc1ncccn1)C(N)=O. The van der Waals surface area contributed by atoms with Crippen molar-refractivity contribution in [3.05, 3.63) is 18.5 Å². The van der Waals surface area contributed by atoms with Gasteiger partial charge in [0.1, 0.15) is 5.54 Å². The predicted molar refractivity (Wildman–Crippen MR) is 48.9 cm³/mol. The number of primary amides is 1. The van der Waals surface area contributed by atoms with Crippen LogP contribution >= 0.6 is 0 Å². The Hall–Kier alpha value is -1.65. The van der Waals surface area contributed by atoms with Crippen molar-refractivity contribution in [1.82, 2.24) is 9.97 Å². The highest BCUT2D eigenvalue weighted by molar-refractivity contribution is 5.86. The maximum atomic E-state index is 10.9. The zero-order valence-electron chi connectivity index (χ0n) is 7.61. The Balaban J connectivity index is 2.75. The third-order valence-corrected chi connectivity index (χ3v) is 1.61. The Morgan fingerprint density at radius 2 is 2.00 bits per heavy atom. The molecule has 0 aliphatic carbocycles. The monoisotopic (exact) mass is 180 g/mol. The second kappa shape index (κ2) is 3.38. The van der Waals surface area contributed by atoms with E-state index in [-0.39, 0.29) is 0 Å². The van der Waals surface area contributed by atoms with Crippen LogP contribution in [0, 0.1) is 0 Å². The summed E-state index contributed by atoms with van der Waals surface area (Å²) in [5, 5.41) is 2.82. The average molecular weight is 180 g/mol. The van der Waals surface area contributed by atoms with Gasteiger partial charge in [0, 0.05) is 12.4 Å². The van der Waals surface area contributed by atoms with Gasteiger partial charge in [0.15, 0.2) is 0 Å². The van der Waals surface area contributed by atoms with E-state index < -0.39 is 11.4 Å². The van der Waals surface area contributed by atoms with Gasteiger partial charge in [-0.3, -0.25) is 4.79 Å². The smallest absolute Gasteiger partial charge is 0.242 e. The molecule has 1 heterocycles. The highest BCUT2D eigenvalue weighted by Gasteiger charge is 2.25. The lowest BCUT2D eigenvalue weighted by atomic mass is 10.1. The first-order valence-corrected chi connectivity index (χ1v) is 3.87. The van der Waals surface area contributed by atoms with Gasteiger partial charge in [-0.1, -0.05) is 0 Å². The third-order valence-electron chi connectivity index (χ3n) is 1.61. The summed E-state index contributed by atoms with van der Waals surface area (Å²) in [6, 6.07) is 1.70. The summed E-state index contributed by atoms with van der Waals surface area (Å²) in [6.45, 7) is 3.34. The lowest BCUT2D eigenvalue weighted by molar-refractivity contribution is -0.121. The largest absolute Gasteiger partial charge is 0.368 e. The highest BCUT2D eigenvalue weighted by atomic mass is 16.1. The first-order chi connectivity index (χ1) is 6.02. The normalized spacial score (nSPS) is 10.9. The molecule has 5 heteroatoms. The predicted octanol–water partition coefficient (Wildman–Crippen LogP) is 0.152. The molecule has 0 atom stereocenters. The molecular weight excluding hydrogens is 168 g/mol. The molecule has 1 rings (SSSR count). The van der Waals surface area contributed by atoms with Crippen molar-refractivity contribution in [2.45, 2.75) is 19.4 Å². The van der Waals surface area contributed by atoms with E-state index in [1.54, 1.807) is 32.3 Å². The summed E-state index contributed by atoms with van der Waals surface area (Å²) < 4.78 is 0. The molecule has 5 nitrogen and oxygen atoms in total. The minimum atomic E-state index is -0.832. The van der Waals surface area contributed by atoms with E-state index in [0.29, 0.717) is 5.95 Å². The third kappa shape index (κ3) is 2.40. The van der Waals surface area contributed by atoms with Crippen molar-refractivity contribution in [2.24, 2.45) is 5.73 Å². The quantitative estimate of drug-likeness (QED) is 0.694. The summed E-state index contributed by atoms with van der Waals surface area (Å²) in [6.07, 6.45) is 3.18. The molecule has 1 amide bonds. The molecule has 0 saturated carbocycles. The number of nitrogens with one attached hydrogen (secondary N) is 1. The Labute approximate surface area is 76.4 Å². The second-order valence-corrected chi connectivity index (χ2v) is 3.19. The number of amides is 1. The Kier molecular flexibility index (Phi) is 2.46. The fourth-order valence-corrected chi connectivity index (χ4v) is 0.705. The molecule has 0 spiro atoms. The topological polar surface area (TPSA) is 80.9 Å². The van der Waals surface area contributed by atoms with E-state index >= 15 is 0 Å². The summed E-state index contributed by atoms with van der Waals surface area (Å²) in [5.74, 6) is -0.0498. The van der Waals surface area contributed by atoms with Crippen molar-refractivity contribution in [3.63, 3.8) is 0 Å². The summed E-state index contributed by atoms with van der Waals surface area (Å²) >= 11 is 0. The van der Waals surface area contributed by atoms with Crippen molar-refractivity contribution in [1.29, 1.82) is 0 Å². The fourth-order valence-electron chi connectivity index (χ4n) is 0.705. The summed E-state index contributed by atoms with van der Waals surface area (Å²) in [7, 11) is 0. The molecule has 0 saturated heterocycles. The van der Waals surface area contributed by atoms with Crippen molar-refractivity contribution >= 4 is 11.9 Å². The van der Waals surface area contributed by atoms with Crippen LogP contribution in [0.1, 0.15) is 13.8 Å². The van der Waals surface area contributed by atoms with Gasteiger partial charge in [0.05, 0.1) is 0 Å². The number of nitrogens with zero attached hydrogens (tertiary/aromatic N) is 2. The van der Waals surface area contributed by atoms with Crippen LogP contribution in [0.5, 0.6) is 0 Å². The molecule has 70 valence electrons. The van der Waals surface area contributed by atoms with Gasteiger partial charge in [-0.05, 0) is 19.9 Å². The number of carbonyl (C=O) groups excluding carboxylic acids is 1. The molecule has 1 aromatic heterocycles. The molecule has 0 aliphatic rings. The number of aromatic nitrogens is 2. The zero-order chi connectivity index (χ0) is 9.90. The number of hydrogen-bond donors (Lipinski definition) is 2. The van der Waals surface area contributed by atoms with Crippen LogP contribution in [-0.2, 0) is 4.79 Å². The molecule has 1 aromatic rings. The van der Waals surface area contributed by atoms with Gasteiger partial charge >= 0.3 is 0 Å². The molecule has 3 N–H and O–H groups in total. The minimum absolute atomic E-state index is 0.395. The Bertz CT molecular complexity index is 296. The van der Waals surface area contributed by atoms with E-state index in [1.807, 2.05) is 0 Å². The molecule has 0 fully saturated rings. The lowest BCUT2D eigenvalue weighted by Crippen LogP contribution is -2.45. The lowest BCUT2D eigenvalue weighted by Gasteiger charge is -2.21. The van der Waals surface area contributed by atoms with E-state index in [2.05, 4.69) is 15.3 Å². The van der Waals surface area contributed by atoms with E-state index in [9.17, 15) is 4.79 Å². The van der Waals surface area contributed by atoms with E-state index in [4.69, 9.17) is 5.73 Å². The molecule has 0 aromatic carbocycles. The average Bonchev–Trinajstić information content (AvgIpc) is 2.05. The second-order valence-electron chi connectivity index (χ2n) is 3.19. The minimum Gasteiger partial charge on any atom is -0.368 e. The van der Waals surface area contributed by atoms with Crippen molar-refractivity contribution in [2.75, 3.05) is 5.32 Å². The van der Waals surface area contributed by atoms with Crippen LogP contribution < -0.4 is 11.1 Å². The first-order valence-electron chi connectivity index (χ1n) is 3.87. The number of anilines is 1. The van der Waals surface area contributed by atoms with Gasteiger partial charge in [0.25, 0.3) is 0 Å². The Morgan fingerprint density at radius 3 is 2.46 bits per heavy atom. The van der Waals surface area contributed by atoms with Crippen LogP contribution in [0.25, 0.3) is 0 Å². The zero-order valence-corrected chi connectivity index (χ0v) is 7.61. The summed E-state index contributed by atoms with van der Waals surface area (Å²) in [5.41, 5.74) is 4.33. The van der Waals surface area contributed by atoms with Gasteiger partial charge < -0.3 is 11.1 Å². The Morgan fingerprint density at radius 1 is 1.46 bits per heavy atom. The standard InChI is InChI=1S/C8H12N4O/c1-8(2,6(9)13)12-7-10-4-3-5-11-7/h3-5H,1-2H3,(H2,9,13)(H,10,11,12). The van der Waals surface area contributed by atoms with Crippen LogP contribution in [0.2, 0.25) is 0 Å². The van der Waals surface area contributed by atoms with E-state index in [1.165, 1.54) is 0 Å². The van der Waals surface area contributed by atoms with Crippen LogP contribution in [0.15, 0.2) is 18.5 Å². The maximum Gasteiger partial charge on any atom is 0.242 e. The van der Waals surface area contributed by atoms with E-state index in [0.717, 1.165) is 0 Å². The molecule has 0 aliphatic heterocycles. The van der Waals surface area contributed by atoms with Gasteiger partial charge in [-0.2, -0.15) is 0 Å². The maximum absolute atomic E-state index is 10.9. The van der Waals surface area contributed by atoms with Gasteiger partial charge in [-0.15, -0.1) is 0 Å². The van der Waals surface area contributed by atoms with Gasteiger partial charge in [0.2, 0.25) is 11.9 Å². The molecule has 0 unspecified atom stereocenters. The van der Waals surface area contributed by atoms with Crippen molar-refractivity contribution < 1.29 is 4.79 Å². The molecule has 0 bridgehead atoms. The molecule has 0 radical (unpaired) electrons.